The fraction of sp³-hybridized carbons (Fsp3) is 0.143. The summed E-state index contributed by atoms with van der Waals surface area (Å²) in [6.45, 7) is 0. The van der Waals surface area contributed by atoms with E-state index in [1.807, 2.05) is 0 Å². The lowest BCUT2D eigenvalue weighted by Crippen LogP contribution is -2.22. The van der Waals surface area contributed by atoms with Crippen LogP contribution in [0, 0.1) is 0 Å². The Labute approximate surface area is 88.4 Å². The molecule has 1 N–H and O–H groups in total. The molecule has 0 aliphatic heterocycles. The molecule has 1 aliphatic carbocycles. The third-order valence-corrected chi connectivity index (χ3v) is 2.86. The summed E-state index contributed by atoms with van der Waals surface area (Å²) in [5.74, 6) is 0. The van der Waals surface area contributed by atoms with Gasteiger partial charge in [-0.05, 0) is 18.9 Å². The van der Waals surface area contributed by atoms with Crippen molar-refractivity contribution in [2.75, 3.05) is 0 Å². The summed E-state index contributed by atoms with van der Waals surface area (Å²) in [5.41, 5.74) is 1.23. The first-order chi connectivity index (χ1) is 7.45. The Morgan fingerprint density at radius 3 is 3.00 bits per heavy atom. The summed E-state index contributed by atoms with van der Waals surface area (Å²) >= 11 is 0. The van der Waals surface area contributed by atoms with Crippen LogP contribution in [0.3, 0.4) is 0 Å². The molecular formula is C14H13N. The van der Waals surface area contributed by atoms with Gasteiger partial charge in [-0.25, -0.2) is 0 Å². The molecule has 0 saturated carbocycles. The van der Waals surface area contributed by atoms with Crippen LogP contribution in [-0.2, 0) is 0 Å². The first-order valence-electron chi connectivity index (χ1n) is 5.39. The predicted molar refractivity (Wildman–Crippen MR) is 64.9 cm³/mol. The number of rotatable bonds is 0. The van der Waals surface area contributed by atoms with E-state index in [0.717, 1.165) is 12.8 Å². The quantitative estimate of drug-likeness (QED) is 0.662. The minimum atomic E-state index is 1.12. The van der Waals surface area contributed by atoms with Crippen LogP contribution < -0.4 is 10.6 Å². The molecule has 1 aromatic heterocycles. The molecular weight excluding hydrogens is 182 g/mol. The summed E-state index contributed by atoms with van der Waals surface area (Å²) in [7, 11) is 0. The van der Waals surface area contributed by atoms with Crippen LogP contribution in [0.5, 0.6) is 0 Å². The summed E-state index contributed by atoms with van der Waals surface area (Å²) < 4.78 is 0. The number of para-hydroxylation sites is 1. The number of hydrogen-bond acceptors (Lipinski definition) is 0. The summed E-state index contributed by atoms with van der Waals surface area (Å²) in [5, 5.41) is 3.90. The second-order valence-electron chi connectivity index (χ2n) is 3.87. The Balaban J connectivity index is 2.50. The van der Waals surface area contributed by atoms with Crippen LogP contribution in [-0.4, -0.2) is 4.98 Å². The van der Waals surface area contributed by atoms with Crippen molar-refractivity contribution in [3.8, 4) is 0 Å². The van der Waals surface area contributed by atoms with E-state index >= 15 is 0 Å². The van der Waals surface area contributed by atoms with E-state index in [1.54, 1.807) is 0 Å². The van der Waals surface area contributed by atoms with E-state index in [4.69, 9.17) is 0 Å². The van der Waals surface area contributed by atoms with Gasteiger partial charge in [-0.3, -0.25) is 0 Å². The molecule has 15 heavy (non-hydrogen) atoms. The standard InChI is InChI=1S/C14H13N/c1-2-4-9-13-11(7-3-1)12-8-5-6-10-14(12)15-13/h1,3,5-10,15H,2,4H2/b3-1?,11-7?,13-9-. The summed E-state index contributed by atoms with van der Waals surface area (Å²) in [6.07, 6.45) is 11.1. The molecule has 0 amide bonds. The van der Waals surface area contributed by atoms with E-state index in [1.165, 1.54) is 21.5 Å². The van der Waals surface area contributed by atoms with Gasteiger partial charge in [0.15, 0.2) is 0 Å². The number of benzene rings is 1. The molecule has 3 rings (SSSR count). The molecule has 0 radical (unpaired) electrons. The first-order valence-corrected chi connectivity index (χ1v) is 5.39. The number of nitrogens with one attached hydrogen (secondary N) is 1. The van der Waals surface area contributed by atoms with Crippen molar-refractivity contribution in [2.24, 2.45) is 0 Å². The number of fused-ring (bicyclic) bond motifs is 3. The van der Waals surface area contributed by atoms with Gasteiger partial charge in [0.25, 0.3) is 0 Å². The zero-order valence-corrected chi connectivity index (χ0v) is 8.53. The van der Waals surface area contributed by atoms with Crippen molar-refractivity contribution < 1.29 is 0 Å². The molecule has 0 bridgehead atoms. The fourth-order valence-corrected chi connectivity index (χ4v) is 2.11. The Morgan fingerprint density at radius 1 is 1.07 bits per heavy atom. The van der Waals surface area contributed by atoms with E-state index in [0.29, 0.717) is 0 Å². The summed E-state index contributed by atoms with van der Waals surface area (Å²) in [4.78, 5) is 3.46. The average Bonchev–Trinajstić information content (AvgIpc) is 2.55. The van der Waals surface area contributed by atoms with Crippen molar-refractivity contribution >= 4 is 23.1 Å². The molecule has 0 spiro atoms. The van der Waals surface area contributed by atoms with E-state index < -0.39 is 0 Å². The lowest BCUT2D eigenvalue weighted by molar-refractivity contribution is 1.08. The third kappa shape index (κ3) is 1.40. The normalized spacial score (nSPS) is 17.2. The monoisotopic (exact) mass is 195 g/mol. The van der Waals surface area contributed by atoms with Crippen LogP contribution in [0.1, 0.15) is 12.8 Å². The molecule has 0 atom stereocenters. The van der Waals surface area contributed by atoms with E-state index in [2.05, 4.69) is 53.6 Å². The summed E-state index contributed by atoms with van der Waals surface area (Å²) in [6, 6.07) is 8.46. The highest BCUT2D eigenvalue weighted by Crippen LogP contribution is 2.05. The van der Waals surface area contributed by atoms with Gasteiger partial charge in [0.1, 0.15) is 0 Å². The van der Waals surface area contributed by atoms with Gasteiger partial charge in [0, 0.05) is 21.5 Å². The van der Waals surface area contributed by atoms with Gasteiger partial charge in [-0.1, -0.05) is 42.5 Å². The molecule has 1 nitrogen and oxygen atoms in total. The van der Waals surface area contributed by atoms with Gasteiger partial charge >= 0.3 is 0 Å². The van der Waals surface area contributed by atoms with Gasteiger partial charge in [0.2, 0.25) is 0 Å². The topological polar surface area (TPSA) is 15.8 Å². The molecule has 1 heterocycles. The minimum absolute atomic E-state index is 1.12. The molecule has 1 aliphatic rings. The van der Waals surface area contributed by atoms with Gasteiger partial charge in [-0.2, -0.15) is 0 Å². The maximum absolute atomic E-state index is 3.46. The van der Waals surface area contributed by atoms with Gasteiger partial charge in [-0.15, -0.1) is 0 Å². The van der Waals surface area contributed by atoms with Gasteiger partial charge < -0.3 is 4.98 Å². The largest absolute Gasteiger partial charge is 0.355 e. The predicted octanol–water partition coefficient (Wildman–Crippen LogP) is 2.08. The Kier molecular flexibility index (Phi) is 1.95. The average molecular weight is 195 g/mol. The van der Waals surface area contributed by atoms with Gasteiger partial charge in [0.05, 0.1) is 0 Å². The number of aromatic amines is 1. The lowest BCUT2D eigenvalue weighted by atomic mass is 10.1. The highest BCUT2D eigenvalue weighted by atomic mass is 14.7. The number of H-pyrrole nitrogens is 1. The second kappa shape index (κ2) is 3.43. The van der Waals surface area contributed by atoms with Crippen LogP contribution in [0.25, 0.3) is 23.1 Å². The van der Waals surface area contributed by atoms with Crippen molar-refractivity contribution in [1.82, 2.24) is 4.98 Å². The Hall–Kier alpha value is -1.76. The van der Waals surface area contributed by atoms with Crippen molar-refractivity contribution in [3.05, 3.63) is 47.0 Å². The van der Waals surface area contributed by atoms with E-state index in [-0.39, 0.29) is 0 Å². The fourth-order valence-electron chi connectivity index (χ4n) is 2.11. The van der Waals surface area contributed by atoms with Crippen molar-refractivity contribution in [2.45, 2.75) is 12.8 Å². The molecule has 0 unspecified atom stereocenters. The van der Waals surface area contributed by atoms with E-state index in [9.17, 15) is 0 Å². The van der Waals surface area contributed by atoms with Crippen LogP contribution in [0.2, 0.25) is 0 Å². The maximum atomic E-state index is 3.46. The minimum Gasteiger partial charge on any atom is -0.355 e. The van der Waals surface area contributed by atoms with Crippen molar-refractivity contribution in [1.29, 1.82) is 0 Å². The Bertz CT molecular complexity index is 629. The third-order valence-electron chi connectivity index (χ3n) is 2.86. The zero-order chi connectivity index (χ0) is 10.1. The Morgan fingerprint density at radius 2 is 2.00 bits per heavy atom. The maximum Gasteiger partial charge on any atom is 0.0464 e. The number of allylic oxidation sites excluding steroid dienone is 2. The van der Waals surface area contributed by atoms with Crippen LogP contribution in [0.15, 0.2) is 36.4 Å². The first kappa shape index (κ1) is 8.54. The number of aromatic nitrogens is 1. The van der Waals surface area contributed by atoms with Crippen molar-refractivity contribution in [3.63, 3.8) is 0 Å². The zero-order valence-electron chi connectivity index (χ0n) is 8.53. The lowest BCUT2D eigenvalue weighted by Gasteiger charge is -1.89. The molecule has 2 aromatic rings. The molecule has 1 heteroatoms. The molecule has 0 saturated heterocycles. The van der Waals surface area contributed by atoms with Crippen LogP contribution >= 0.6 is 0 Å². The molecule has 1 aromatic carbocycles. The highest BCUT2D eigenvalue weighted by Gasteiger charge is 1.98. The SMILES string of the molecule is C1=CCC/C=c2\[nH]c3ccccc3c2=C1. The highest BCUT2D eigenvalue weighted by molar-refractivity contribution is 5.81. The smallest absolute Gasteiger partial charge is 0.0464 e. The second-order valence-corrected chi connectivity index (χ2v) is 3.87. The number of hydrogen-bond donors (Lipinski definition) is 1. The van der Waals surface area contributed by atoms with Crippen LogP contribution in [0.4, 0.5) is 0 Å². The molecule has 74 valence electrons. The molecule has 0 fully saturated rings.